The first-order chi connectivity index (χ1) is 8.09. The Morgan fingerprint density at radius 3 is 2.59 bits per heavy atom. The van der Waals surface area contributed by atoms with Gasteiger partial charge in [-0.2, -0.15) is 0 Å². The van der Waals surface area contributed by atoms with Crippen LogP contribution in [0, 0.1) is 0 Å². The molecule has 17 heavy (non-hydrogen) atoms. The van der Waals surface area contributed by atoms with Gasteiger partial charge in [0.05, 0.1) is 0 Å². The van der Waals surface area contributed by atoms with Crippen LogP contribution >= 0.6 is 0 Å². The van der Waals surface area contributed by atoms with Crippen molar-refractivity contribution in [3.8, 4) is 5.75 Å². The molecule has 2 unspecified atom stereocenters. The second kappa shape index (κ2) is 4.76. The van der Waals surface area contributed by atoms with Crippen molar-refractivity contribution < 1.29 is 5.11 Å². The summed E-state index contributed by atoms with van der Waals surface area (Å²) >= 11 is 0. The van der Waals surface area contributed by atoms with Crippen LogP contribution in [0.4, 0.5) is 0 Å². The number of phenolic OH excluding ortho intramolecular Hbond substituents is 1. The van der Waals surface area contributed by atoms with Gasteiger partial charge in [-0.05, 0) is 36.5 Å². The molecule has 0 saturated carbocycles. The summed E-state index contributed by atoms with van der Waals surface area (Å²) in [6, 6.07) is 7.38. The standard InChI is InChI=1S/C15H19NO/c1-12(13-5-7-14(17)8-6-13)11-15(16)9-3-2-4-10-15/h2-9,12,17H,10-11,16H2,1H3. The first-order valence-corrected chi connectivity index (χ1v) is 6.01. The van der Waals surface area contributed by atoms with E-state index >= 15 is 0 Å². The maximum absolute atomic E-state index is 9.27. The molecule has 2 heteroatoms. The number of rotatable bonds is 3. The van der Waals surface area contributed by atoms with Crippen LogP contribution in [0.5, 0.6) is 5.75 Å². The predicted molar refractivity (Wildman–Crippen MR) is 71.0 cm³/mol. The van der Waals surface area contributed by atoms with Gasteiger partial charge in [0.25, 0.3) is 0 Å². The molecule has 0 heterocycles. The second-order valence-electron chi connectivity index (χ2n) is 4.92. The zero-order valence-corrected chi connectivity index (χ0v) is 10.1. The van der Waals surface area contributed by atoms with Crippen molar-refractivity contribution in [3.05, 3.63) is 54.1 Å². The highest BCUT2D eigenvalue weighted by molar-refractivity contribution is 5.29. The van der Waals surface area contributed by atoms with Crippen molar-refractivity contribution in [1.29, 1.82) is 0 Å². The minimum absolute atomic E-state index is 0.230. The van der Waals surface area contributed by atoms with E-state index < -0.39 is 0 Å². The number of aromatic hydroxyl groups is 1. The van der Waals surface area contributed by atoms with Crippen molar-refractivity contribution >= 4 is 0 Å². The largest absolute Gasteiger partial charge is 0.508 e. The number of benzene rings is 1. The van der Waals surface area contributed by atoms with Crippen molar-refractivity contribution in [2.24, 2.45) is 5.73 Å². The van der Waals surface area contributed by atoms with Crippen molar-refractivity contribution in [3.63, 3.8) is 0 Å². The lowest BCUT2D eigenvalue weighted by Gasteiger charge is -2.29. The van der Waals surface area contributed by atoms with E-state index in [0.29, 0.717) is 11.7 Å². The van der Waals surface area contributed by atoms with E-state index in [0.717, 1.165) is 12.8 Å². The number of nitrogens with two attached hydrogens (primary N) is 1. The molecule has 3 N–H and O–H groups in total. The van der Waals surface area contributed by atoms with Crippen LogP contribution in [0.1, 0.15) is 31.2 Å². The van der Waals surface area contributed by atoms with Gasteiger partial charge in [-0.25, -0.2) is 0 Å². The molecule has 0 amide bonds. The summed E-state index contributed by atoms with van der Waals surface area (Å²) in [5.41, 5.74) is 7.33. The number of allylic oxidation sites excluding steroid dienone is 2. The second-order valence-corrected chi connectivity index (χ2v) is 4.92. The predicted octanol–water partition coefficient (Wildman–Crippen LogP) is 3.10. The fourth-order valence-electron chi connectivity index (χ4n) is 2.32. The fraction of sp³-hybridized carbons (Fsp3) is 0.333. The normalized spacial score (nSPS) is 24.8. The van der Waals surface area contributed by atoms with Gasteiger partial charge < -0.3 is 10.8 Å². The minimum atomic E-state index is -0.230. The fourth-order valence-corrected chi connectivity index (χ4v) is 2.32. The molecule has 1 aromatic rings. The van der Waals surface area contributed by atoms with Gasteiger partial charge in [0.1, 0.15) is 5.75 Å². The molecule has 90 valence electrons. The smallest absolute Gasteiger partial charge is 0.115 e. The summed E-state index contributed by atoms with van der Waals surface area (Å²) in [7, 11) is 0. The summed E-state index contributed by atoms with van der Waals surface area (Å²) in [5.74, 6) is 0.695. The SMILES string of the molecule is CC(CC1(N)C=CC=CC1)c1ccc(O)cc1. The van der Waals surface area contributed by atoms with Gasteiger partial charge in [0.15, 0.2) is 0 Å². The molecule has 0 aromatic heterocycles. The maximum Gasteiger partial charge on any atom is 0.115 e. The Bertz CT molecular complexity index is 433. The molecule has 0 saturated heterocycles. The van der Waals surface area contributed by atoms with Gasteiger partial charge in [0, 0.05) is 5.54 Å². The van der Waals surface area contributed by atoms with Gasteiger partial charge >= 0.3 is 0 Å². The Morgan fingerprint density at radius 2 is 2.00 bits per heavy atom. The highest BCUT2D eigenvalue weighted by Gasteiger charge is 2.24. The lowest BCUT2D eigenvalue weighted by Crippen LogP contribution is -2.39. The van der Waals surface area contributed by atoms with E-state index in [9.17, 15) is 5.11 Å². The number of hydrogen-bond acceptors (Lipinski definition) is 2. The Labute approximate surface area is 102 Å². The van der Waals surface area contributed by atoms with Crippen LogP contribution in [0.2, 0.25) is 0 Å². The van der Waals surface area contributed by atoms with E-state index in [2.05, 4.69) is 19.1 Å². The monoisotopic (exact) mass is 229 g/mol. The molecule has 0 bridgehead atoms. The zero-order valence-electron chi connectivity index (χ0n) is 10.1. The summed E-state index contributed by atoms with van der Waals surface area (Å²) < 4.78 is 0. The first-order valence-electron chi connectivity index (χ1n) is 6.01. The first kappa shape index (κ1) is 11.9. The Kier molecular flexibility index (Phi) is 3.34. The van der Waals surface area contributed by atoms with Crippen LogP contribution in [-0.2, 0) is 0 Å². The van der Waals surface area contributed by atoms with Gasteiger partial charge in [-0.3, -0.25) is 0 Å². The van der Waals surface area contributed by atoms with Gasteiger partial charge in [-0.1, -0.05) is 43.4 Å². The third-order valence-corrected chi connectivity index (χ3v) is 3.32. The van der Waals surface area contributed by atoms with E-state index in [1.165, 1.54) is 5.56 Å². The summed E-state index contributed by atoms with van der Waals surface area (Å²) in [5, 5.41) is 9.27. The van der Waals surface area contributed by atoms with Crippen molar-refractivity contribution in [2.75, 3.05) is 0 Å². The van der Waals surface area contributed by atoms with Crippen LogP contribution in [-0.4, -0.2) is 10.6 Å². The lowest BCUT2D eigenvalue weighted by molar-refractivity contribution is 0.447. The molecule has 2 nitrogen and oxygen atoms in total. The molecule has 1 aliphatic carbocycles. The van der Waals surface area contributed by atoms with E-state index in [1.54, 1.807) is 12.1 Å². The minimum Gasteiger partial charge on any atom is -0.508 e. The number of phenols is 1. The van der Waals surface area contributed by atoms with Crippen molar-refractivity contribution in [1.82, 2.24) is 0 Å². The third kappa shape index (κ3) is 2.98. The third-order valence-electron chi connectivity index (χ3n) is 3.32. The highest BCUT2D eigenvalue weighted by atomic mass is 16.3. The molecular weight excluding hydrogens is 210 g/mol. The average molecular weight is 229 g/mol. The molecule has 1 aromatic carbocycles. The van der Waals surface area contributed by atoms with Gasteiger partial charge in [0.2, 0.25) is 0 Å². The van der Waals surface area contributed by atoms with Crippen LogP contribution in [0.25, 0.3) is 0 Å². The molecular formula is C15H19NO. The molecule has 0 fully saturated rings. The van der Waals surface area contributed by atoms with Crippen LogP contribution < -0.4 is 5.73 Å². The maximum atomic E-state index is 9.27. The summed E-state index contributed by atoms with van der Waals surface area (Å²) in [4.78, 5) is 0. The molecule has 1 aliphatic rings. The average Bonchev–Trinajstić information content (AvgIpc) is 2.30. The van der Waals surface area contributed by atoms with Crippen LogP contribution in [0.15, 0.2) is 48.6 Å². The topological polar surface area (TPSA) is 46.2 Å². The Balaban J connectivity index is 2.06. The summed E-state index contributed by atoms with van der Waals surface area (Å²) in [6.07, 6.45) is 10.1. The van der Waals surface area contributed by atoms with Crippen LogP contribution in [0.3, 0.4) is 0 Å². The molecule has 0 radical (unpaired) electrons. The quantitative estimate of drug-likeness (QED) is 0.836. The van der Waals surface area contributed by atoms with Crippen molar-refractivity contribution in [2.45, 2.75) is 31.2 Å². The van der Waals surface area contributed by atoms with E-state index in [-0.39, 0.29) is 5.54 Å². The molecule has 0 aliphatic heterocycles. The van der Waals surface area contributed by atoms with E-state index in [4.69, 9.17) is 5.73 Å². The molecule has 2 rings (SSSR count). The van der Waals surface area contributed by atoms with Gasteiger partial charge in [-0.15, -0.1) is 0 Å². The Hall–Kier alpha value is -1.54. The summed E-state index contributed by atoms with van der Waals surface area (Å²) in [6.45, 7) is 2.17. The lowest BCUT2D eigenvalue weighted by atomic mass is 9.81. The highest BCUT2D eigenvalue weighted by Crippen LogP contribution is 2.29. The Morgan fingerprint density at radius 1 is 1.29 bits per heavy atom. The zero-order chi connectivity index (χ0) is 12.3. The molecule has 0 spiro atoms. The number of hydrogen-bond donors (Lipinski definition) is 2. The van der Waals surface area contributed by atoms with E-state index in [1.807, 2.05) is 24.3 Å². The molecule has 2 atom stereocenters.